The van der Waals surface area contributed by atoms with Gasteiger partial charge in [-0.05, 0) is 40.7 Å². The van der Waals surface area contributed by atoms with Gasteiger partial charge in [0.1, 0.15) is 12.1 Å². The van der Waals surface area contributed by atoms with Crippen LogP contribution in [0.4, 0.5) is 0 Å². The van der Waals surface area contributed by atoms with E-state index in [1.807, 2.05) is 57.2 Å². The van der Waals surface area contributed by atoms with E-state index in [2.05, 4.69) is 26.3 Å². The zero-order valence-electron chi connectivity index (χ0n) is 24.9. The number of carbonyl (C=O) groups excluding carboxylic acids is 4. The van der Waals surface area contributed by atoms with Gasteiger partial charge in [0.25, 0.3) is 0 Å². The lowest BCUT2D eigenvalue weighted by atomic mass is 9.97. The van der Waals surface area contributed by atoms with Crippen molar-refractivity contribution < 1.29 is 19.2 Å². The van der Waals surface area contributed by atoms with Crippen LogP contribution in [-0.2, 0) is 38.6 Å². The molecule has 3 aromatic rings. The van der Waals surface area contributed by atoms with Crippen molar-refractivity contribution in [3.63, 3.8) is 0 Å². The summed E-state index contributed by atoms with van der Waals surface area (Å²) in [5.41, 5.74) is 2.27. The van der Waals surface area contributed by atoms with Gasteiger partial charge in [-0.3, -0.25) is 24.2 Å². The van der Waals surface area contributed by atoms with Crippen molar-refractivity contribution in [2.24, 2.45) is 5.41 Å². The molecule has 4 N–H and O–H groups in total. The van der Waals surface area contributed by atoms with Gasteiger partial charge in [0.15, 0.2) is 0 Å². The molecule has 2 atom stereocenters. The molecule has 1 aromatic heterocycles. The highest BCUT2D eigenvalue weighted by Gasteiger charge is 2.29. The van der Waals surface area contributed by atoms with Gasteiger partial charge in [0.05, 0.1) is 6.42 Å². The van der Waals surface area contributed by atoms with Gasteiger partial charge in [-0.25, -0.2) is 0 Å². The van der Waals surface area contributed by atoms with Crippen LogP contribution in [0.3, 0.4) is 0 Å². The molecule has 0 saturated carbocycles. The van der Waals surface area contributed by atoms with Gasteiger partial charge in [-0.15, -0.1) is 0 Å². The van der Waals surface area contributed by atoms with E-state index < -0.39 is 23.9 Å². The lowest BCUT2D eigenvalue weighted by Gasteiger charge is -2.24. The molecule has 228 valence electrons. The van der Waals surface area contributed by atoms with Crippen molar-refractivity contribution in [3.05, 3.63) is 101 Å². The zero-order valence-corrected chi connectivity index (χ0v) is 25.6. The SMILES string of the molecule is CC(C)(C)CNC(=O)C[C@H](NC(=O)CCc1ccccc1)C(=O)N[C@@H](Cc1cccnc1)C(=O)NCc1ccccc1Cl. The fourth-order valence-electron chi connectivity index (χ4n) is 4.18. The van der Waals surface area contributed by atoms with Crippen molar-refractivity contribution in [1.29, 1.82) is 0 Å². The molecule has 0 spiro atoms. The second-order valence-electron chi connectivity index (χ2n) is 11.6. The number of rotatable bonds is 14. The first-order chi connectivity index (χ1) is 20.5. The molecule has 43 heavy (non-hydrogen) atoms. The van der Waals surface area contributed by atoms with Crippen molar-refractivity contribution in [2.75, 3.05) is 6.54 Å². The molecule has 3 rings (SSSR count). The number of nitrogens with zero attached hydrogens (tertiary/aromatic N) is 1. The molecule has 4 amide bonds. The number of amides is 4. The number of aromatic nitrogens is 1. The minimum Gasteiger partial charge on any atom is -0.355 e. The Labute approximate surface area is 258 Å². The van der Waals surface area contributed by atoms with Crippen molar-refractivity contribution in [2.45, 2.75) is 65.1 Å². The van der Waals surface area contributed by atoms with Crippen LogP contribution in [0.25, 0.3) is 0 Å². The first-order valence-corrected chi connectivity index (χ1v) is 14.7. The minimum atomic E-state index is -1.18. The fraction of sp³-hybridized carbons (Fsp3) is 0.364. The van der Waals surface area contributed by atoms with Crippen molar-refractivity contribution in [3.8, 4) is 0 Å². The zero-order chi connectivity index (χ0) is 31.2. The predicted molar refractivity (Wildman–Crippen MR) is 167 cm³/mol. The third-order valence-corrected chi connectivity index (χ3v) is 6.92. The molecule has 0 aliphatic carbocycles. The van der Waals surface area contributed by atoms with Crippen LogP contribution in [0.5, 0.6) is 0 Å². The van der Waals surface area contributed by atoms with Crippen LogP contribution in [-0.4, -0.2) is 47.2 Å². The van der Waals surface area contributed by atoms with Crippen LogP contribution in [0.1, 0.15) is 50.3 Å². The summed E-state index contributed by atoms with van der Waals surface area (Å²) < 4.78 is 0. The summed E-state index contributed by atoms with van der Waals surface area (Å²) in [7, 11) is 0. The Morgan fingerprint density at radius 3 is 2.16 bits per heavy atom. The Balaban J connectivity index is 1.74. The number of hydrogen-bond acceptors (Lipinski definition) is 5. The van der Waals surface area contributed by atoms with Crippen molar-refractivity contribution >= 4 is 35.2 Å². The molecule has 0 saturated heterocycles. The van der Waals surface area contributed by atoms with E-state index in [-0.39, 0.29) is 43.0 Å². The van der Waals surface area contributed by atoms with Crippen LogP contribution in [0.2, 0.25) is 5.02 Å². The van der Waals surface area contributed by atoms with Gasteiger partial charge in [-0.2, -0.15) is 0 Å². The molecule has 10 heteroatoms. The van der Waals surface area contributed by atoms with E-state index in [1.54, 1.807) is 42.7 Å². The maximum atomic E-state index is 13.6. The number of halogens is 1. The van der Waals surface area contributed by atoms with Crippen LogP contribution in [0.15, 0.2) is 79.1 Å². The van der Waals surface area contributed by atoms with E-state index in [0.29, 0.717) is 18.0 Å². The monoisotopic (exact) mass is 605 g/mol. The summed E-state index contributed by atoms with van der Waals surface area (Å²) in [6.45, 7) is 6.50. The van der Waals surface area contributed by atoms with E-state index in [9.17, 15) is 19.2 Å². The van der Waals surface area contributed by atoms with E-state index >= 15 is 0 Å². The molecule has 0 unspecified atom stereocenters. The number of pyridine rings is 1. The summed E-state index contributed by atoms with van der Waals surface area (Å²) in [5.74, 6) is -1.84. The molecular weight excluding hydrogens is 566 g/mol. The number of aryl methyl sites for hydroxylation is 1. The molecule has 0 aliphatic heterocycles. The fourth-order valence-corrected chi connectivity index (χ4v) is 4.39. The summed E-state index contributed by atoms with van der Waals surface area (Å²) in [4.78, 5) is 56.8. The third kappa shape index (κ3) is 12.3. The number of hydrogen-bond donors (Lipinski definition) is 4. The number of benzene rings is 2. The predicted octanol–water partition coefficient (Wildman–Crippen LogP) is 3.75. The maximum absolute atomic E-state index is 13.6. The maximum Gasteiger partial charge on any atom is 0.243 e. The van der Waals surface area contributed by atoms with Gasteiger partial charge >= 0.3 is 0 Å². The summed E-state index contributed by atoms with van der Waals surface area (Å²) in [6.07, 6.45) is 3.72. The first-order valence-electron chi connectivity index (χ1n) is 14.3. The third-order valence-electron chi connectivity index (χ3n) is 6.55. The smallest absolute Gasteiger partial charge is 0.243 e. The molecule has 0 fully saturated rings. The standard InChI is InChI=1S/C33H40ClN5O4/c1-33(2,3)22-37-30(41)19-28(38-29(40)16-15-23-10-5-4-6-11-23)32(43)39-27(18-24-12-9-17-35-20-24)31(42)36-21-25-13-7-8-14-26(25)34/h4-14,17,20,27-28H,15-16,18-19,21-22H2,1-3H3,(H,36,42)(H,37,41)(H,38,40)(H,39,43)/t27-,28-/m0/s1. The molecular formula is C33H40ClN5O4. The summed E-state index contributed by atoms with van der Waals surface area (Å²) in [6, 6.07) is 18.0. The first kappa shape index (κ1) is 33.3. The van der Waals surface area contributed by atoms with Gasteiger partial charge in [0.2, 0.25) is 23.6 Å². The molecule has 0 bridgehead atoms. The van der Waals surface area contributed by atoms with E-state index in [4.69, 9.17) is 11.6 Å². The molecule has 0 aliphatic rings. The van der Waals surface area contributed by atoms with Crippen LogP contribution < -0.4 is 21.3 Å². The number of carbonyl (C=O) groups is 4. The normalized spacial score (nSPS) is 12.5. The van der Waals surface area contributed by atoms with Crippen LogP contribution >= 0.6 is 11.6 Å². The molecule has 9 nitrogen and oxygen atoms in total. The van der Waals surface area contributed by atoms with E-state index in [1.165, 1.54) is 0 Å². The average molecular weight is 606 g/mol. The van der Waals surface area contributed by atoms with Crippen molar-refractivity contribution in [1.82, 2.24) is 26.3 Å². The Bertz CT molecular complexity index is 1360. The number of nitrogens with one attached hydrogen (secondary N) is 4. The quantitative estimate of drug-likeness (QED) is 0.222. The largest absolute Gasteiger partial charge is 0.355 e. The highest BCUT2D eigenvalue weighted by atomic mass is 35.5. The Morgan fingerprint density at radius 1 is 0.791 bits per heavy atom. The highest BCUT2D eigenvalue weighted by molar-refractivity contribution is 6.31. The lowest BCUT2D eigenvalue weighted by molar-refractivity contribution is -0.134. The van der Waals surface area contributed by atoms with Gasteiger partial charge in [-0.1, -0.05) is 87.0 Å². The minimum absolute atomic E-state index is 0.134. The second kappa shape index (κ2) is 16.4. The molecule has 1 heterocycles. The van der Waals surface area contributed by atoms with Gasteiger partial charge < -0.3 is 21.3 Å². The Hall–Kier alpha value is -4.24. The Morgan fingerprint density at radius 2 is 1.49 bits per heavy atom. The lowest BCUT2D eigenvalue weighted by Crippen LogP contribution is -2.55. The highest BCUT2D eigenvalue weighted by Crippen LogP contribution is 2.15. The average Bonchev–Trinajstić information content (AvgIpc) is 2.98. The summed E-state index contributed by atoms with van der Waals surface area (Å²) >= 11 is 6.25. The van der Waals surface area contributed by atoms with E-state index in [0.717, 1.165) is 16.7 Å². The van der Waals surface area contributed by atoms with Gasteiger partial charge in [0, 0.05) is 43.3 Å². The van der Waals surface area contributed by atoms with Crippen LogP contribution in [0, 0.1) is 5.41 Å². The molecule has 2 aromatic carbocycles. The second-order valence-corrected chi connectivity index (χ2v) is 12.0. The molecule has 0 radical (unpaired) electrons. The summed E-state index contributed by atoms with van der Waals surface area (Å²) in [5, 5.41) is 11.7. The Kier molecular flexibility index (Phi) is 12.7. The topological polar surface area (TPSA) is 129 Å².